The van der Waals surface area contributed by atoms with Gasteiger partial charge in [0, 0.05) is 11.8 Å². The zero-order chi connectivity index (χ0) is 23.4. The lowest BCUT2D eigenvalue weighted by Gasteiger charge is -2.13. The summed E-state index contributed by atoms with van der Waals surface area (Å²) in [4.78, 5) is 25.1. The minimum atomic E-state index is -0.284. The number of anilines is 1. The summed E-state index contributed by atoms with van der Waals surface area (Å²) in [7, 11) is 0. The van der Waals surface area contributed by atoms with Crippen molar-refractivity contribution in [1.82, 2.24) is 0 Å². The van der Waals surface area contributed by atoms with Crippen LogP contribution in [0.5, 0.6) is 17.2 Å². The van der Waals surface area contributed by atoms with Crippen molar-refractivity contribution in [3.8, 4) is 17.2 Å². The van der Waals surface area contributed by atoms with Gasteiger partial charge < -0.3 is 19.2 Å². The number of fused-ring (bicyclic) bond motifs is 1. The van der Waals surface area contributed by atoms with Crippen LogP contribution in [0, 0.1) is 6.92 Å². The lowest BCUT2D eigenvalue weighted by atomic mass is 10.0. The van der Waals surface area contributed by atoms with Gasteiger partial charge >= 0.3 is 0 Å². The number of para-hydroxylation sites is 1. The third-order valence-corrected chi connectivity index (χ3v) is 5.18. The molecule has 4 rings (SSSR count). The van der Waals surface area contributed by atoms with Crippen LogP contribution in [0.25, 0.3) is 11.0 Å². The van der Waals surface area contributed by atoms with Gasteiger partial charge in [0.2, 0.25) is 11.2 Å². The second kappa shape index (κ2) is 9.61. The molecule has 0 saturated heterocycles. The highest BCUT2D eigenvalue weighted by Gasteiger charge is 2.14. The Balaban J connectivity index is 1.47. The Morgan fingerprint density at radius 3 is 2.52 bits per heavy atom. The molecule has 0 atom stereocenters. The van der Waals surface area contributed by atoms with E-state index >= 15 is 0 Å². The van der Waals surface area contributed by atoms with Gasteiger partial charge in [-0.3, -0.25) is 9.59 Å². The first-order valence-electron chi connectivity index (χ1n) is 10.7. The molecular weight excluding hydrogens is 418 g/mol. The smallest absolute Gasteiger partial charge is 0.262 e. The third kappa shape index (κ3) is 5.23. The minimum absolute atomic E-state index is 0.113. The summed E-state index contributed by atoms with van der Waals surface area (Å²) in [6.45, 7) is 5.94. The van der Waals surface area contributed by atoms with Crippen LogP contribution in [0.3, 0.4) is 0 Å². The van der Waals surface area contributed by atoms with Crippen molar-refractivity contribution in [2.75, 3.05) is 11.9 Å². The number of hydrogen-bond donors (Lipinski definition) is 1. The molecule has 168 valence electrons. The molecule has 33 heavy (non-hydrogen) atoms. The fraction of sp³-hybridized carbons (Fsp3) is 0.185. The lowest BCUT2D eigenvalue weighted by Crippen LogP contribution is -2.20. The molecule has 3 aromatic carbocycles. The van der Waals surface area contributed by atoms with Crippen LogP contribution in [-0.2, 0) is 4.79 Å². The maximum Gasteiger partial charge on any atom is 0.262 e. The van der Waals surface area contributed by atoms with Gasteiger partial charge in [-0.15, -0.1) is 0 Å². The van der Waals surface area contributed by atoms with Crippen LogP contribution in [0.1, 0.15) is 30.9 Å². The molecule has 6 nitrogen and oxygen atoms in total. The number of amides is 1. The first-order chi connectivity index (χ1) is 15.9. The van der Waals surface area contributed by atoms with E-state index in [1.165, 1.54) is 6.26 Å². The Labute approximate surface area is 191 Å². The van der Waals surface area contributed by atoms with E-state index in [2.05, 4.69) is 19.2 Å². The van der Waals surface area contributed by atoms with Crippen molar-refractivity contribution in [2.45, 2.75) is 26.7 Å². The first kappa shape index (κ1) is 22.1. The standard InChI is InChI=1S/C27H25NO5/c1-17(2)21-6-4-5-7-23(21)33-25-15-32-24-14-20(12-13-22(24)27(25)30)31-16-26(29)28-19-10-8-18(3)9-11-19/h4-15,17H,16H2,1-3H3,(H,28,29). The molecular formula is C27H25NO5. The molecule has 0 saturated carbocycles. The lowest BCUT2D eigenvalue weighted by molar-refractivity contribution is -0.118. The molecule has 1 N–H and O–H groups in total. The van der Waals surface area contributed by atoms with Gasteiger partial charge in [0.15, 0.2) is 6.61 Å². The quantitative estimate of drug-likeness (QED) is 0.377. The van der Waals surface area contributed by atoms with Gasteiger partial charge in [-0.25, -0.2) is 0 Å². The summed E-state index contributed by atoms with van der Waals surface area (Å²) >= 11 is 0. The van der Waals surface area contributed by atoms with Gasteiger partial charge in [-0.1, -0.05) is 49.7 Å². The first-order valence-corrected chi connectivity index (χ1v) is 10.7. The average molecular weight is 443 g/mol. The summed E-state index contributed by atoms with van der Waals surface area (Å²) in [5.74, 6) is 1.12. The largest absolute Gasteiger partial charge is 0.484 e. The molecule has 1 amide bonds. The number of rotatable bonds is 7. The van der Waals surface area contributed by atoms with Gasteiger partial charge in [-0.05, 0) is 48.7 Å². The molecule has 4 aromatic rings. The topological polar surface area (TPSA) is 77.8 Å². The van der Waals surface area contributed by atoms with Crippen LogP contribution in [0.2, 0.25) is 0 Å². The average Bonchev–Trinajstić information content (AvgIpc) is 2.81. The van der Waals surface area contributed by atoms with E-state index in [-0.39, 0.29) is 29.6 Å². The Kier molecular flexibility index (Phi) is 6.45. The Morgan fingerprint density at radius 1 is 1.00 bits per heavy atom. The maximum atomic E-state index is 12.9. The summed E-state index contributed by atoms with van der Waals surface area (Å²) < 4.78 is 17.1. The number of ether oxygens (including phenoxy) is 2. The third-order valence-electron chi connectivity index (χ3n) is 5.18. The molecule has 0 bridgehead atoms. The van der Waals surface area contributed by atoms with Gasteiger partial charge in [0.1, 0.15) is 23.3 Å². The van der Waals surface area contributed by atoms with Crippen molar-refractivity contribution in [3.05, 3.63) is 94.3 Å². The predicted molar refractivity (Wildman–Crippen MR) is 128 cm³/mol. The maximum absolute atomic E-state index is 12.9. The zero-order valence-corrected chi connectivity index (χ0v) is 18.8. The molecule has 0 unspecified atom stereocenters. The fourth-order valence-corrected chi connectivity index (χ4v) is 3.40. The van der Waals surface area contributed by atoms with Crippen LogP contribution >= 0.6 is 0 Å². The molecule has 6 heteroatoms. The summed E-state index contributed by atoms with van der Waals surface area (Å²) in [6.07, 6.45) is 1.30. The minimum Gasteiger partial charge on any atom is -0.484 e. The molecule has 0 spiro atoms. The van der Waals surface area contributed by atoms with E-state index in [0.717, 1.165) is 11.1 Å². The molecule has 0 aliphatic heterocycles. The van der Waals surface area contributed by atoms with E-state index in [1.54, 1.807) is 18.2 Å². The van der Waals surface area contributed by atoms with Crippen molar-refractivity contribution in [3.63, 3.8) is 0 Å². The number of carbonyl (C=O) groups excluding carboxylic acids is 1. The van der Waals surface area contributed by atoms with Gasteiger partial charge in [0.05, 0.1) is 5.39 Å². The molecule has 0 radical (unpaired) electrons. The van der Waals surface area contributed by atoms with E-state index in [9.17, 15) is 9.59 Å². The highest BCUT2D eigenvalue weighted by molar-refractivity contribution is 5.92. The number of aryl methyl sites for hydroxylation is 1. The van der Waals surface area contributed by atoms with Crippen LogP contribution < -0.4 is 20.2 Å². The van der Waals surface area contributed by atoms with Crippen LogP contribution in [0.15, 0.2) is 82.2 Å². The Morgan fingerprint density at radius 2 is 1.76 bits per heavy atom. The second-order valence-electron chi connectivity index (χ2n) is 8.08. The summed E-state index contributed by atoms with van der Waals surface area (Å²) in [5.41, 5.74) is 2.88. The summed E-state index contributed by atoms with van der Waals surface area (Å²) in [6, 6.07) is 19.9. The zero-order valence-electron chi connectivity index (χ0n) is 18.8. The van der Waals surface area contributed by atoms with E-state index in [1.807, 2.05) is 55.5 Å². The summed E-state index contributed by atoms with van der Waals surface area (Å²) in [5, 5.41) is 3.14. The second-order valence-corrected chi connectivity index (χ2v) is 8.08. The van der Waals surface area contributed by atoms with Crippen LogP contribution in [-0.4, -0.2) is 12.5 Å². The molecule has 0 fully saturated rings. The van der Waals surface area contributed by atoms with Gasteiger partial charge in [-0.2, -0.15) is 0 Å². The molecule has 0 aliphatic rings. The SMILES string of the molecule is Cc1ccc(NC(=O)COc2ccc3c(=O)c(Oc4ccccc4C(C)C)coc3c2)cc1. The van der Waals surface area contributed by atoms with E-state index in [4.69, 9.17) is 13.9 Å². The highest BCUT2D eigenvalue weighted by atomic mass is 16.5. The molecule has 0 aliphatic carbocycles. The number of hydrogen-bond acceptors (Lipinski definition) is 5. The van der Waals surface area contributed by atoms with Crippen molar-refractivity contribution in [2.24, 2.45) is 0 Å². The monoisotopic (exact) mass is 443 g/mol. The van der Waals surface area contributed by atoms with E-state index in [0.29, 0.717) is 28.2 Å². The molecule has 1 aromatic heterocycles. The Bertz CT molecular complexity index is 1340. The van der Waals surface area contributed by atoms with Crippen LogP contribution in [0.4, 0.5) is 5.69 Å². The highest BCUT2D eigenvalue weighted by Crippen LogP contribution is 2.30. The van der Waals surface area contributed by atoms with E-state index < -0.39 is 0 Å². The van der Waals surface area contributed by atoms with Gasteiger partial charge in [0.25, 0.3) is 5.91 Å². The normalized spacial score (nSPS) is 10.9. The molecule has 1 heterocycles. The Hall–Kier alpha value is -4.06. The van der Waals surface area contributed by atoms with Crippen molar-refractivity contribution < 1.29 is 18.7 Å². The predicted octanol–water partition coefficient (Wildman–Crippen LogP) is 6.03. The fourth-order valence-electron chi connectivity index (χ4n) is 3.40. The number of benzene rings is 3. The number of nitrogens with one attached hydrogen (secondary N) is 1. The number of carbonyl (C=O) groups is 1. The van der Waals surface area contributed by atoms with Crippen molar-refractivity contribution in [1.29, 1.82) is 0 Å². The van der Waals surface area contributed by atoms with Crippen molar-refractivity contribution >= 4 is 22.6 Å².